The SMILES string of the molecule is O=c1[nH]c(=O)n([C@H]2CC(CO)[C@@H](CO)O2)cc1Cl. The van der Waals surface area contributed by atoms with Crippen LogP contribution in [0.1, 0.15) is 12.6 Å². The van der Waals surface area contributed by atoms with Gasteiger partial charge in [-0.1, -0.05) is 11.6 Å². The number of aliphatic hydroxyl groups is 2. The highest BCUT2D eigenvalue weighted by Gasteiger charge is 2.35. The molecule has 1 unspecified atom stereocenters. The van der Waals surface area contributed by atoms with Crippen molar-refractivity contribution in [2.45, 2.75) is 18.8 Å². The van der Waals surface area contributed by atoms with Crippen LogP contribution >= 0.6 is 11.6 Å². The van der Waals surface area contributed by atoms with Gasteiger partial charge >= 0.3 is 5.69 Å². The molecule has 0 aromatic carbocycles. The lowest BCUT2D eigenvalue weighted by atomic mass is 10.0. The summed E-state index contributed by atoms with van der Waals surface area (Å²) in [7, 11) is 0. The van der Waals surface area contributed by atoms with Gasteiger partial charge in [0.15, 0.2) is 0 Å². The Labute approximate surface area is 107 Å². The molecule has 100 valence electrons. The molecule has 8 heteroatoms. The summed E-state index contributed by atoms with van der Waals surface area (Å²) in [5, 5.41) is 18.1. The number of H-pyrrole nitrogens is 1. The van der Waals surface area contributed by atoms with Crippen LogP contribution < -0.4 is 11.2 Å². The molecular formula is C10H13ClN2O5. The molecule has 3 atom stereocenters. The van der Waals surface area contributed by atoms with E-state index in [1.807, 2.05) is 0 Å². The first-order valence-corrected chi connectivity index (χ1v) is 5.82. The number of halogens is 1. The van der Waals surface area contributed by atoms with Gasteiger partial charge in [-0.3, -0.25) is 14.3 Å². The van der Waals surface area contributed by atoms with Gasteiger partial charge in [-0.15, -0.1) is 0 Å². The van der Waals surface area contributed by atoms with E-state index in [4.69, 9.17) is 26.6 Å². The van der Waals surface area contributed by atoms with Gasteiger partial charge in [0, 0.05) is 25.1 Å². The normalized spacial score (nSPS) is 27.6. The Kier molecular flexibility index (Phi) is 3.86. The van der Waals surface area contributed by atoms with Crippen LogP contribution in [0, 0.1) is 5.92 Å². The average molecular weight is 277 g/mol. The summed E-state index contributed by atoms with van der Waals surface area (Å²) in [5.41, 5.74) is -1.29. The molecule has 0 saturated carbocycles. The Hall–Kier alpha value is -1.15. The minimum atomic E-state index is -0.659. The van der Waals surface area contributed by atoms with Gasteiger partial charge in [0.05, 0.1) is 12.7 Å². The van der Waals surface area contributed by atoms with E-state index >= 15 is 0 Å². The van der Waals surface area contributed by atoms with E-state index < -0.39 is 23.6 Å². The minimum absolute atomic E-state index is 0.119. The maximum atomic E-state index is 11.6. The predicted octanol–water partition coefficient (Wildman–Crippen LogP) is -0.922. The van der Waals surface area contributed by atoms with Crippen molar-refractivity contribution in [3.63, 3.8) is 0 Å². The van der Waals surface area contributed by atoms with Crippen LogP contribution in [-0.4, -0.2) is 39.1 Å². The fraction of sp³-hybridized carbons (Fsp3) is 0.600. The van der Waals surface area contributed by atoms with Crippen molar-refractivity contribution in [1.29, 1.82) is 0 Å². The number of hydrogen-bond donors (Lipinski definition) is 3. The van der Waals surface area contributed by atoms with Crippen LogP contribution in [0.3, 0.4) is 0 Å². The predicted molar refractivity (Wildman–Crippen MR) is 62.5 cm³/mol. The largest absolute Gasteiger partial charge is 0.396 e. The molecule has 7 nitrogen and oxygen atoms in total. The number of aromatic nitrogens is 2. The summed E-state index contributed by atoms with van der Waals surface area (Å²) in [6.07, 6.45) is 0.379. The molecule has 0 amide bonds. The first kappa shape index (κ1) is 13.3. The highest BCUT2D eigenvalue weighted by molar-refractivity contribution is 6.30. The molecule has 18 heavy (non-hydrogen) atoms. The number of nitrogens with zero attached hydrogens (tertiary/aromatic N) is 1. The minimum Gasteiger partial charge on any atom is -0.396 e. The number of nitrogens with one attached hydrogen (secondary N) is 1. The molecule has 0 aliphatic carbocycles. The third-order valence-corrected chi connectivity index (χ3v) is 3.28. The Morgan fingerprint density at radius 3 is 2.72 bits per heavy atom. The maximum Gasteiger partial charge on any atom is 0.330 e. The number of aromatic amines is 1. The molecule has 1 aliphatic heterocycles. The summed E-state index contributed by atoms with van der Waals surface area (Å²) >= 11 is 5.65. The van der Waals surface area contributed by atoms with E-state index in [0.29, 0.717) is 6.42 Å². The molecule has 0 radical (unpaired) electrons. The summed E-state index contributed by atoms with van der Waals surface area (Å²) in [6.45, 7) is -0.388. The number of rotatable bonds is 3. The molecule has 2 rings (SSSR count). The zero-order valence-electron chi connectivity index (χ0n) is 9.38. The summed E-state index contributed by atoms with van der Waals surface area (Å²) in [6, 6.07) is 0. The smallest absolute Gasteiger partial charge is 0.330 e. The highest BCUT2D eigenvalue weighted by Crippen LogP contribution is 2.32. The van der Waals surface area contributed by atoms with Crippen molar-refractivity contribution < 1.29 is 14.9 Å². The number of aliphatic hydroxyl groups excluding tert-OH is 2. The van der Waals surface area contributed by atoms with E-state index in [-0.39, 0.29) is 24.2 Å². The van der Waals surface area contributed by atoms with E-state index in [9.17, 15) is 9.59 Å². The second kappa shape index (κ2) is 5.23. The quantitative estimate of drug-likeness (QED) is 0.662. The van der Waals surface area contributed by atoms with E-state index in [2.05, 4.69) is 4.98 Å². The zero-order chi connectivity index (χ0) is 13.3. The Morgan fingerprint density at radius 2 is 2.17 bits per heavy atom. The third-order valence-electron chi connectivity index (χ3n) is 3.01. The monoisotopic (exact) mass is 276 g/mol. The van der Waals surface area contributed by atoms with Gasteiger partial charge in [0.25, 0.3) is 5.56 Å². The van der Waals surface area contributed by atoms with Gasteiger partial charge in [0.1, 0.15) is 11.3 Å². The Bertz CT molecular complexity index is 528. The van der Waals surface area contributed by atoms with Gasteiger partial charge in [-0.05, 0) is 0 Å². The highest BCUT2D eigenvalue weighted by atomic mass is 35.5. The fourth-order valence-corrected chi connectivity index (χ4v) is 2.17. The second-order valence-corrected chi connectivity index (χ2v) is 4.54. The van der Waals surface area contributed by atoms with Crippen LogP contribution in [-0.2, 0) is 4.74 Å². The van der Waals surface area contributed by atoms with Crippen LogP contribution in [0.4, 0.5) is 0 Å². The van der Waals surface area contributed by atoms with Gasteiger partial charge in [-0.2, -0.15) is 0 Å². The first-order chi connectivity index (χ1) is 8.56. The van der Waals surface area contributed by atoms with Crippen LogP contribution in [0.5, 0.6) is 0 Å². The first-order valence-electron chi connectivity index (χ1n) is 5.45. The molecule has 3 N–H and O–H groups in total. The van der Waals surface area contributed by atoms with Crippen molar-refractivity contribution in [2.24, 2.45) is 5.92 Å². The lowest BCUT2D eigenvalue weighted by molar-refractivity contribution is -0.0366. The van der Waals surface area contributed by atoms with E-state index in [0.717, 1.165) is 4.57 Å². The Morgan fingerprint density at radius 1 is 1.44 bits per heavy atom. The topological polar surface area (TPSA) is 105 Å². The summed E-state index contributed by atoms with van der Waals surface area (Å²) < 4.78 is 6.60. The zero-order valence-corrected chi connectivity index (χ0v) is 10.1. The maximum absolute atomic E-state index is 11.6. The molecular weight excluding hydrogens is 264 g/mol. The average Bonchev–Trinajstić information content (AvgIpc) is 2.76. The van der Waals surface area contributed by atoms with Crippen molar-refractivity contribution >= 4 is 11.6 Å². The molecule has 1 fully saturated rings. The molecule has 2 heterocycles. The van der Waals surface area contributed by atoms with Crippen LogP contribution in [0.2, 0.25) is 5.02 Å². The van der Waals surface area contributed by atoms with Crippen molar-refractivity contribution in [2.75, 3.05) is 13.2 Å². The van der Waals surface area contributed by atoms with E-state index in [1.165, 1.54) is 6.20 Å². The second-order valence-electron chi connectivity index (χ2n) is 4.13. The fourth-order valence-electron chi connectivity index (χ4n) is 2.02. The van der Waals surface area contributed by atoms with Crippen molar-refractivity contribution in [3.8, 4) is 0 Å². The molecule has 1 aromatic heterocycles. The lowest BCUT2D eigenvalue weighted by Gasteiger charge is -2.14. The van der Waals surface area contributed by atoms with Gasteiger partial charge in [-0.25, -0.2) is 4.79 Å². The molecule has 1 aromatic rings. The molecule has 1 saturated heterocycles. The number of hydrogen-bond acceptors (Lipinski definition) is 5. The standard InChI is InChI=1S/C10H13ClN2O5/c11-6-2-13(10(17)12-9(6)16)8-1-5(3-14)7(4-15)18-8/h2,5,7-8,14-15H,1,3-4H2,(H,12,16,17)/t5?,7-,8-/m1/s1. The van der Waals surface area contributed by atoms with E-state index in [1.54, 1.807) is 0 Å². The van der Waals surface area contributed by atoms with Crippen molar-refractivity contribution in [1.82, 2.24) is 9.55 Å². The lowest BCUT2D eigenvalue weighted by Crippen LogP contribution is -2.32. The van der Waals surface area contributed by atoms with Crippen LogP contribution in [0.15, 0.2) is 15.8 Å². The third kappa shape index (κ3) is 2.35. The number of ether oxygens (including phenoxy) is 1. The molecule has 0 spiro atoms. The molecule has 1 aliphatic rings. The van der Waals surface area contributed by atoms with Gasteiger partial charge in [0.2, 0.25) is 0 Å². The summed E-state index contributed by atoms with van der Waals surface area (Å²) in [4.78, 5) is 24.8. The molecule has 0 bridgehead atoms. The Balaban J connectivity index is 2.31. The summed E-state index contributed by atoms with van der Waals surface area (Å²) in [5.74, 6) is -0.252. The van der Waals surface area contributed by atoms with Crippen molar-refractivity contribution in [3.05, 3.63) is 32.1 Å². The van der Waals surface area contributed by atoms with Gasteiger partial charge < -0.3 is 14.9 Å². The van der Waals surface area contributed by atoms with Crippen LogP contribution in [0.25, 0.3) is 0 Å².